The summed E-state index contributed by atoms with van der Waals surface area (Å²) in [4.78, 5) is 13.2. The molecule has 2 aromatic rings. The first-order valence-corrected chi connectivity index (χ1v) is 5.44. The molecule has 0 fully saturated rings. The highest BCUT2D eigenvalue weighted by Gasteiger charge is 2.09. The molecule has 7 nitrogen and oxygen atoms in total. The fourth-order valence-corrected chi connectivity index (χ4v) is 1.39. The Morgan fingerprint density at radius 3 is 3.05 bits per heavy atom. The Labute approximate surface area is 109 Å². The molecule has 1 heterocycles. The molecule has 0 bridgehead atoms. The third-order valence-corrected chi connectivity index (χ3v) is 2.17. The van der Waals surface area contributed by atoms with E-state index in [2.05, 4.69) is 32.6 Å². The molecule has 0 atom stereocenters. The SMILES string of the molecule is Cn1nnc(NC(=O)c2cccc(C#CCO)c2)n1. The van der Waals surface area contributed by atoms with E-state index in [0.717, 1.165) is 0 Å². The maximum absolute atomic E-state index is 11.9. The molecule has 19 heavy (non-hydrogen) atoms. The number of nitrogens with one attached hydrogen (secondary N) is 1. The van der Waals surface area contributed by atoms with Crippen LogP contribution in [0.5, 0.6) is 0 Å². The minimum absolute atomic E-state index is 0.138. The number of aryl methyl sites for hydroxylation is 1. The number of aromatic nitrogens is 4. The first-order chi connectivity index (χ1) is 9.19. The number of nitrogens with zero attached hydrogens (tertiary/aromatic N) is 4. The average Bonchev–Trinajstić information content (AvgIpc) is 2.82. The Morgan fingerprint density at radius 1 is 1.53 bits per heavy atom. The number of anilines is 1. The molecule has 1 aromatic heterocycles. The Hall–Kier alpha value is -2.72. The van der Waals surface area contributed by atoms with Crippen LogP contribution < -0.4 is 5.32 Å². The van der Waals surface area contributed by atoms with E-state index in [9.17, 15) is 4.79 Å². The third-order valence-electron chi connectivity index (χ3n) is 2.17. The molecule has 0 radical (unpaired) electrons. The van der Waals surface area contributed by atoms with Gasteiger partial charge in [-0.05, 0) is 23.4 Å². The number of carbonyl (C=O) groups is 1. The highest BCUT2D eigenvalue weighted by atomic mass is 16.2. The van der Waals surface area contributed by atoms with E-state index in [1.165, 1.54) is 4.80 Å². The largest absolute Gasteiger partial charge is 0.384 e. The van der Waals surface area contributed by atoms with Gasteiger partial charge in [-0.1, -0.05) is 23.0 Å². The van der Waals surface area contributed by atoms with Crippen molar-refractivity contribution in [3.05, 3.63) is 35.4 Å². The minimum Gasteiger partial charge on any atom is -0.384 e. The predicted octanol–water partition coefficient (Wildman–Crippen LogP) is -0.194. The lowest BCUT2D eigenvalue weighted by atomic mass is 10.1. The first kappa shape index (κ1) is 12.7. The molecule has 0 aliphatic carbocycles. The summed E-state index contributed by atoms with van der Waals surface area (Å²) in [7, 11) is 1.60. The Kier molecular flexibility index (Phi) is 3.85. The van der Waals surface area contributed by atoms with Gasteiger partial charge in [0.05, 0.1) is 7.05 Å². The Bertz CT molecular complexity index is 653. The number of hydrogen-bond acceptors (Lipinski definition) is 5. The first-order valence-electron chi connectivity index (χ1n) is 5.44. The van der Waals surface area contributed by atoms with Gasteiger partial charge in [-0.15, -0.1) is 5.10 Å². The number of amides is 1. The average molecular weight is 257 g/mol. The monoisotopic (exact) mass is 257 g/mol. The summed E-state index contributed by atoms with van der Waals surface area (Å²) < 4.78 is 0. The maximum Gasteiger partial charge on any atom is 0.270 e. The molecule has 1 amide bonds. The van der Waals surface area contributed by atoms with Crippen LogP contribution in [0.3, 0.4) is 0 Å². The van der Waals surface area contributed by atoms with Gasteiger partial charge < -0.3 is 5.11 Å². The van der Waals surface area contributed by atoms with Crippen molar-refractivity contribution in [2.45, 2.75) is 0 Å². The number of rotatable bonds is 2. The van der Waals surface area contributed by atoms with Crippen molar-refractivity contribution in [3.8, 4) is 11.8 Å². The second kappa shape index (κ2) is 5.75. The van der Waals surface area contributed by atoms with Gasteiger partial charge in [0.15, 0.2) is 0 Å². The lowest BCUT2D eigenvalue weighted by Gasteiger charge is -2.00. The van der Waals surface area contributed by atoms with Gasteiger partial charge >= 0.3 is 0 Å². The fourth-order valence-electron chi connectivity index (χ4n) is 1.39. The summed E-state index contributed by atoms with van der Waals surface area (Å²) in [6, 6.07) is 6.73. The van der Waals surface area contributed by atoms with E-state index in [0.29, 0.717) is 11.1 Å². The topological polar surface area (TPSA) is 92.9 Å². The number of aliphatic hydroxyl groups excluding tert-OH is 1. The molecule has 7 heteroatoms. The van der Waals surface area contributed by atoms with Crippen molar-refractivity contribution < 1.29 is 9.90 Å². The molecular formula is C12H11N5O2. The lowest BCUT2D eigenvalue weighted by Crippen LogP contribution is -2.13. The summed E-state index contributed by atoms with van der Waals surface area (Å²) in [5.41, 5.74) is 1.07. The van der Waals surface area contributed by atoms with Crippen LogP contribution in [-0.4, -0.2) is 37.8 Å². The predicted molar refractivity (Wildman–Crippen MR) is 67.2 cm³/mol. The maximum atomic E-state index is 11.9. The van der Waals surface area contributed by atoms with Gasteiger partial charge in [0.2, 0.25) is 0 Å². The van der Waals surface area contributed by atoms with E-state index >= 15 is 0 Å². The van der Waals surface area contributed by atoms with E-state index in [1.54, 1.807) is 31.3 Å². The van der Waals surface area contributed by atoms with Gasteiger partial charge in [0, 0.05) is 11.1 Å². The normalized spacial score (nSPS) is 9.58. The molecule has 0 unspecified atom stereocenters. The molecule has 2 rings (SSSR count). The molecule has 0 saturated carbocycles. The molecule has 0 aliphatic rings. The Morgan fingerprint density at radius 2 is 2.37 bits per heavy atom. The summed E-state index contributed by atoms with van der Waals surface area (Å²) in [6.45, 7) is -0.222. The van der Waals surface area contributed by atoms with Crippen molar-refractivity contribution in [2.24, 2.45) is 7.05 Å². The zero-order valence-corrected chi connectivity index (χ0v) is 10.2. The van der Waals surface area contributed by atoms with Gasteiger partial charge in [-0.3, -0.25) is 10.1 Å². The molecular weight excluding hydrogens is 246 g/mol. The number of aliphatic hydroxyl groups is 1. The number of carbonyl (C=O) groups excluding carboxylic acids is 1. The lowest BCUT2D eigenvalue weighted by molar-refractivity contribution is 0.102. The van der Waals surface area contributed by atoms with Gasteiger partial charge in [-0.25, -0.2) is 0 Å². The smallest absolute Gasteiger partial charge is 0.270 e. The second-order valence-corrected chi connectivity index (χ2v) is 3.60. The van der Waals surface area contributed by atoms with Crippen LogP contribution in [0.1, 0.15) is 15.9 Å². The van der Waals surface area contributed by atoms with E-state index in [4.69, 9.17) is 5.11 Å². The van der Waals surface area contributed by atoms with E-state index in [1.807, 2.05) is 0 Å². The molecule has 2 N–H and O–H groups in total. The zero-order valence-electron chi connectivity index (χ0n) is 10.2. The van der Waals surface area contributed by atoms with Crippen molar-refractivity contribution in [1.29, 1.82) is 0 Å². The van der Waals surface area contributed by atoms with Gasteiger partial charge in [0.1, 0.15) is 6.61 Å². The highest BCUT2D eigenvalue weighted by Crippen LogP contribution is 2.06. The molecule has 96 valence electrons. The van der Waals surface area contributed by atoms with E-state index in [-0.39, 0.29) is 18.5 Å². The van der Waals surface area contributed by atoms with Crippen LogP contribution in [0.4, 0.5) is 5.95 Å². The van der Waals surface area contributed by atoms with Crippen molar-refractivity contribution in [1.82, 2.24) is 20.2 Å². The summed E-state index contributed by atoms with van der Waals surface area (Å²) in [5, 5.41) is 22.3. The number of tetrazole rings is 1. The van der Waals surface area contributed by atoms with Crippen molar-refractivity contribution in [3.63, 3.8) is 0 Å². The van der Waals surface area contributed by atoms with Crippen LogP contribution in [0.25, 0.3) is 0 Å². The van der Waals surface area contributed by atoms with Crippen LogP contribution in [-0.2, 0) is 7.05 Å². The van der Waals surface area contributed by atoms with Crippen LogP contribution in [0.2, 0.25) is 0 Å². The van der Waals surface area contributed by atoms with Crippen LogP contribution in [0, 0.1) is 11.8 Å². The quantitative estimate of drug-likeness (QED) is 0.727. The number of hydrogen-bond donors (Lipinski definition) is 2. The van der Waals surface area contributed by atoms with Crippen LogP contribution >= 0.6 is 0 Å². The van der Waals surface area contributed by atoms with Crippen molar-refractivity contribution >= 4 is 11.9 Å². The summed E-state index contributed by atoms with van der Waals surface area (Å²) in [6.07, 6.45) is 0. The second-order valence-electron chi connectivity index (χ2n) is 3.60. The van der Waals surface area contributed by atoms with Crippen LogP contribution in [0.15, 0.2) is 24.3 Å². The number of benzene rings is 1. The van der Waals surface area contributed by atoms with E-state index < -0.39 is 0 Å². The fraction of sp³-hybridized carbons (Fsp3) is 0.167. The molecule has 0 aliphatic heterocycles. The summed E-state index contributed by atoms with van der Waals surface area (Å²) in [5.74, 6) is 5.04. The molecule has 0 spiro atoms. The zero-order chi connectivity index (χ0) is 13.7. The van der Waals surface area contributed by atoms with Gasteiger partial charge in [-0.2, -0.15) is 4.80 Å². The third kappa shape index (κ3) is 3.37. The minimum atomic E-state index is -0.347. The molecule has 1 aromatic carbocycles. The molecule has 0 saturated heterocycles. The standard InChI is InChI=1S/C12H11N5O2/c1-17-15-12(14-16-17)13-11(19)10-6-2-4-9(8-10)5-3-7-18/h2,4,6,8,18H,7H2,1H3,(H,13,15,19). The highest BCUT2D eigenvalue weighted by molar-refractivity contribution is 6.03. The van der Waals surface area contributed by atoms with Gasteiger partial charge in [0.25, 0.3) is 11.9 Å². The van der Waals surface area contributed by atoms with Crippen molar-refractivity contribution in [2.75, 3.05) is 11.9 Å². The summed E-state index contributed by atoms with van der Waals surface area (Å²) >= 11 is 0. The Balaban J connectivity index is 2.15.